The van der Waals surface area contributed by atoms with E-state index in [1.54, 1.807) is 0 Å². The molecule has 2 nitrogen and oxygen atoms in total. The van der Waals surface area contributed by atoms with Crippen LogP contribution in [0.15, 0.2) is 66.9 Å². The van der Waals surface area contributed by atoms with Crippen molar-refractivity contribution in [2.24, 2.45) is 0 Å². The molecule has 0 aliphatic heterocycles. The molecule has 0 aliphatic rings. The summed E-state index contributed by atoms with van der Waals surface area (Å²) in [6.45, 7) is 2.17. The van der Waals surface area contributed by atoms with E-state index in [1.807, 2.05) is 6.20 Å². The molecule has 0 bridgehead atoms. The van der Waals surface area contributed by atoms with Gasteiger partial charge in [0, 0.05) is 27.7 Å². The van der Waals surface area contributed by atoms with E-state index in [0.717, 1.165) is 5.52 Å². The Hall–Kier alpha value is -3.13. The highest BCUT2D eigenvalue weighted by Gasteiger charge is 2.17. The van der Waals surface area contributed by atoms with Crippen LogP contribution in [0, 0.1) is 6.92 Å². The lowest BCUT2D eigenvalue weighted by molar-refractivity contribution is 1.33. The Kier molecular flexibility index (Phi) is 2.07. The lowest BCUT2D eigenvalue weighted by Gasteiger charge is -2.12. The van der Waals surface area contributed by atoms with Crippen LogP contribution in [-0.2, 0) is 0 Å². The van der Waals surface area contributed by atoms with Crippen molar-refractivity contribution in [3.63, 3.8) is 0 Å². The molecule has 3 aromatic heterocycles. The van der Waals surface area contributed by atoms with Crippen LogP contribution in [0.25, 0.3) is 49.0 Å². The van der Waals surface area contributed by atoms with E-state index >= 15 is 0 Å². The summed E-state index contributed by atoms with van der Waals surface area (Å²) < 4.78 is 2.41. The lowest BCUT2D eigenvalue weighted by atomic mass is 10.0. The van der Waals surface area contributed by atoms with Gasteiger partial charge in [0.15, 0.2) is 0 Å². The number of hydrogen-bond donors (Lipinski definition) is 0. The lowest BCUT2D eigenvalue weighted by Crippen LogP contribution is -1.94. The number of rotatable bonds is 0. The minimum atomic E-state index is 1.10. The quantitative estimate of drug-likeness (QED) is 0.260. The van der Waals surface area contributed by atoms with Crippen LogP contribution < -0.4 is 0 Å². The number of para-hydroxylation sites is 1. The number of pyridine rings is 2. The van der Waals surface area contributed by atoms with E-state index in [2.05, 4.69) is 72.0 Å². The molecule has 0 aliphatic carbocycles. The molecule has 6 rings (SSSR count). The highest BCUT2D eigenvalue weighted by atomic mass is 14.9. The molecule has 2 heteroatoms. The summed E-state index contributed by atoms with van der Waals surface area (Å²) in [4.78, 5) is 4.76. The van der Waals surface area contributed by atoms with Crippen molar-refractivity contribution in [1.29, 1.82) is 0 Å². The summed E-state index contributed by atoms with van der Waals surface area (Å²) in [5.74, 6) is 0. The van der Waals surface area contributed by atoms with E-state index in [-0.39, 0.29) is 0 Å². The second kappa shape index (κ2) is 4.04. The maximum absolute atomic E-state index is 4.76. The van der Waals surface area contributed by atoms with Crippen molar-refractivity contribution in [1.82, 2.24) is 9.38 Å². The van der Waals surface area contributed by atoms with E-state index in [0.29, 0.717) is 0 Å². The molecule has 0 saturated carbocycles. The van der Waals surface area contributed by atoms with Gasteiger partial charge in [0.05, 0.1) is 22.1 Å². The highest BCUT2D eigenvalue weighted by molar-refractivity contribution is 6.25. The van der Waals surface area contributed by atoms with Crippen molar-refractivity contribution in [3.05, 3.63) is 72.4 Å². The van der Waals surface area contributed by atoms with Gasteiger partial charge in [-0.15, -0.1) is 0 Å². The van der Waals surface area contributed by atoms with Gasteiger partial charge in [-0.1, -0.05) is 30.3 Å². The Morgan fingerprint density at radius 1 is 0.792 bits per heavy atom. The number of nitrogens with zero attached hydrogens (tertiary/aromatic N) is 2. The predicted octanol–water partition coefficient (Wildman–Crippen LogP) is 5.69. The Bertz CT molecular complexity index is 1400. The SMILES string of the molecule is Cc1cc2c3ccccc3n3c4cccc5ccnc(c(c1)c23)c54. The van der Waals surface area contributed by atoms with Crippen molar-refractivity contribution in [2.45, 2.75) is 6.92 Å². The van der Waals surface area contributed by atoms with Crippen LogP contribution in [-0.4, -0.2) is 9.38 Å². The molecule has 0 amide bonds. The molecular formula is C22H14N2. The minimum Gasteiger partial charge on any atom is -0.308 e. The molecule has 0 radical (unpaired) electrons. The number of benzene rings is 3. The molecule has 0 unspecified atom stereocenters. The molecule has 0 fully saturated rings. The van der Waals surface area contributed by atoms with Crippen LogP contribution in [0.4, 0.5) is 0 Å². The zero-order valence-electron chi connectivity index (χ0n) is 13.2. The van der Waals surface area contributed by atoms with Gasteiger partial charge >= 0.3 is 0 Å². The first-order valence-electron chi connectivity index (χ1n) is 8.25. The third-order valence-electron chi connectivity index (χ3n) is 5.18. The van der Waals surface area contributed by atoms with Crippen LogP contribution in [0.3, 0.4) is 0 Å². The van der Waals surface area contributed by atoms with Crippen molar-refractivity contribution in [2.75, 3.05) is 0 Å². The Labute approximate surface area is 138 Å². The molecule has 112 valence electrons. The zero-order chi connectivity index (χ0) is 15.8. The van der Waals surface area contributed by atoms with Gasteiger partial charge in [0.1, 0.15) is 0 Å². The van der Waals surface area contributed by atoms with Crippen LogP contribution in [0.5, 0.6) is 0 Å². The molecule has 0 spiro atoms. The predicted molar refractivity (Wildman–Crippen MR) is 101 cm³/mol. The number of aryl methyl sites for hydroxylation is 1. The summed E-state index contributed by atoms with van der Waals surface area (Å²) in [5.41, 5.74) is 6.16. The number of hydrogen-bond acceptors (Lipinski definition) is 1. The number of aromatic nitrogens is 2. The molecule has 0 N–H and O–H groups in total. The molecule has 6 aromatic rings. The van der Waals surface area contributed by atoms with Crippen molar-refractivity contribution < 1.29 is 0 Å². The molecule has 3 aromatic carbocycles. The maximum atomic E-state index is 4.76. The smallest absolute Gasteiger partial charge is 0.0822 e. The van der Waals surface area contributed by atoms with E-state index in [1.165, 1.54) is 49.0 Å². The Morgan fingerprint density at radius 2 is 1.62 bits per heavy atom. The molecule has 3 heterocycles. The topological polar surface area (TPSA) is 17.3 Å². The zero-order valence-corrected chi connectivity index (χ0v) is 13.2. The second-order valence-corrected chi connectivity index (χ2v) is 6.60. The summed E-state index contributed by atoms with van der Waals surface area (Å²) in [7, 11) is 0. The summed E-state index contributed by atoms with van der Waals surface area (Å²) in [6.07, 6.45) is 1.92. The third-order valence-corrected chi connectivity index (χ3v) is 5.18. The monoisotopic (exact) mass is 306 g/mol. The Morgan fingerprint density at radius 3 is 2.58 bits per heavy atom. The maximum Gasteiger partial charge on any atom is 0.0822 e. The first-order chi connectivity index (χ1) is 11.8. The van der Waals surface area contributed by atoms with Crippen molar-refractivity contribution >= 4 is 49.0 Å². The second-order valence-electron chi connectivity index (χ2n) is 6.60. The molecule has 24 heavy (non-hydrogen) atoms. The average molecular weight is 306 g/mol. The van der Waals surface area contributed by atoms with E-state index < -0.39 is 0 Å². The van der Waals surface area contributed by atoms with Crippen LogP contribution in [0.2, 0.25) is 0 Å². The standard InChI is InChI=1S/C22H14N2/c1-13-11-16-15-6-2-3-7-18(15)24-19-8-4-5-14-9-10-23-21(20(14)19)17(12-13)22(16)24/h2-12H,1H3. The highest BCUT2D eigenvalue weighted by Crippen LogP contribution is 2.39. The first kappa shape index (κ1) is 12.3. The minimum absolute atomic E-state index is 1.10. The van der Waals surface area contributed by atoms with Crippen molar-refractivity contribution in [3.8, 4) is 0 Å². The number of fused-ring (bicyclic) bond motifs is 5. The molecular weight excluding hydrogens is 292 g/mol. The van der Waals surface area contributed by atoms with Gasteiger partial charge in [-0.25, -0.2) is 0 Å². The largest absolute Gasteiger partial charge is 0.308 e. The normalized spacial score (nSPS) is 12.4. The van der Waals surface area contributed by atoms with Gasteiger partial charge in [-0.3, -0.25) is 4.98 Å². The summed E-state index contributed by atoms with van der Waals surface area (Å²) >= 11 is 0. The van der Waals surface area contributed by atoms with Gasteiger partial charge in [-0.2, -0.15) is 0 Å². The van der Waals surface area contributed by atoms with Gasteiger partial charge in [0.2, 0.25) is 0 Å². The fourth-order valence-corrected chi connectivity index (χ4v) is 4.27. The first-order valence-corrected chi connectivity index (χ1v) is 8.25. The summed E-state index contributed by atoms with van der Waals surface area (Å²) in [6, 6.07) is 21.9. The van der Waals surface area contributed by atoms with Gasteiger partial charge in [0.25, 0.3) is 0 Å². The van der Waals surface area contributed by atoms with Gasteiger partial charge in [-0.05, 0) is 48.2 Å². The fraction of sp³-hybridized carbons (Fsp3) is 0.0455. The fourth-order valence-electron chi connectivity index (χ4n) is 4.27. The molecule has 0 atom stereocenters. The third kappa shape index (κ3) is 1.31. The van der Waals surface area contributed by atoms with Crippen LogP contribution >= 0.6 is 0 Å². The Balaban J connectivity index is 2.16. The van der Waals surface area contributed by atoms with E-state index in [4.69, 9.17) is 4.98 Å². The van der Waals surface area contributed by atoms with E-state index in [9.17, 15) is 0 Å². The average Bonchev–Trinajstić information content (AvgIpc) is 2.94. The van der Waals surface area contributed by atoms with Crippen LogP contribution in [0.1, 0.15) is 5.56 Å². The van der Waals surface area contributed by atoms with Gasteiger partial charge < -0.3 is 4.40 Å². The summed E-state index contributed by atoms with van der Waals surface area (Å²) in [5, 5.41) is 6.36. The molecule has 0 saturated heterocycles.